The molecule has 1 atom stereocenters. The molecule has 2 rings (SSSR count). The summed E-state index contributed by atoms with van der Waals surface area (Å²) in [6.07, 6.45) is 0.526. The second-order valence-electron chi connectivity index (χ2n) is 5.78. The third-order valence-electron chi connectivity index (χ3n) is 3.81. The van der Waals surface area contributed by atoms with Crippen molar-refractivity contribution in [1.82, 2.24) is 10.6 Å². The van der Waals surface area contributed by atoms with E-state index in [0.717, 1.165) is 6.54 Å². The Balaban J connectivity index is 1.72. The summed E-state index contributed by atoms with van der Waals surface area (Å²) in [5, 5.41) is 8.53. The van der Waals surface area contributed by atoms with E-state index < -0.39 is 9.84 Å². The van der Waals surface area contributed by atoms with E-state index in [-0.39, 0.29) is 5.75 Å². The van der Waals surface area contributed by atoms with Crippen LogP contribution in [0.5, 0.6) is 0 Å². The highest BCUT2D eigenvalue weighted by Crippen LogP contribution is 2.19. The summed E-state index contributed by atoms with van der Waals surface area (Å²) in [7, 11) is -1.51. The van der Waals surface area contributed by atoms with Gasteiger partial charge in [0, 0.05) is 30.9 Å². The van der Waals surface area contributed by atoms with Gasteiger partial charge >= 0.3 is 0 Å². The van der Waals surface area contributed by atoms with Crippen LogP contribution in [0.3, 0.4) is 0 Å². The SMILES string of the molecule is CN=C(NCCCS(=O)(=O)c1ccccc1)NCC(C)c1cccs1. The second kappa shape index (κ2) is 9.58. The summed E-state index contributed by atoms with van der Waals surface area (Å²) in [6, 6.07) is 12.7. The first-order chi connectivity index (χ1) is 12.0. The molecule has 0 radical (unpaired) electrons. The van der Waals surface area contributed by atoms with Crippen molar-refractivity contribution in [3.8, 4) is 0 Å². The number of thiophene rings is 1. The van der Waals surface area contributed by atoms with Gasteiger partial charge in [0.2, 0.25) is 0 Å². The molecule has 7 heteroatoms. The Bertz CT molecular complexity index is 757. The van der Waals surface area contributed by atoms with E-state index in [4.69, 9.17) is 0 Å². The molecule has 136 valence electrons. The third-order valence-corrected chi connectivity index (χ3v) is 6.73. The fourth-order valence-corrected chi connectivity index (χ4v) is 4.48. The number of benzene rings is 1. The van der Waals surface area contributed by atoms with E-state index in [1.54, 1.807) is 42.6 Å². The number of sulfone groups is 1. The Kier molecular flexibility index (Phi) is 7.46. The molecule has 0 bridgehead atoms. The van der Waals surface area contributed by atoms with Crippen LogP contribution in [0.2, 0.25) is 0 Å². The molecule has 0 fully saturated rings. The molecule has 0 aliphatic heterocycles. The van der Waals surface area contributed by atoms with Crippen LogP contribution >= 0.6 is 11.3 Å². The standard InChI is InChI=1S/C18H25N3O2S2/c1-15(17-10-6-12-24-17)14-21-18(19-2)20-11-7-13-25(22,23)16-8-4-3-5-9-16/h3-6,8-10,12,15H,7,11,13-14H2,1-2H3,(H2,19,20,21). The zero-order valence-corrected chi connectivity index (χ0v) is 16.2. The van der Waals surface area contributed by atoms with E-state index in [1.165, 1.54) is 4.88 Å². The number of hydrogen-bond acceptors (Lipinski definition) is 4. The highest BCUT2D eigenvalue weighted by atomic mass is 32.2. The minimum absolute atomic E-state index is 0.118. The quantitative estimate of drug-likeness (QED) is 0.420. The van der Waals surface area contributed by atoms with Crippen molar-refractivity contribution in [3.63, 3.8) is 0 Å². The highest BCUT2D eigenvalue weighted by molar-refractivity contribution is 7.91. The number of nitrogens with one attached hydrogen (secondary N) is 2. The van der Waals surface area contributed by atoms with E-state index >= 15 is 0 Å². The van der Waals surface area contributed by atoms with E-state index in [1.807, 2.05) is 6.07 Å². The maximum Gasteiger partial charge on any atom is 0.190 e. The molecule has 0 saturated heterocycles. The Hall–Kier alpha value is -1.86. The number of nitrogens with zero attached hydrogens (tertiary/aromatic N) is 1. The van der Waals surface area contributed by atoms with Gasteiger partial charge in [-0.15, -0.1) is 11.3 Å². The smallest absolute Gasteiger partial charge is 0.190 e. The molecule has 2 N–H and O–H groups in total. The molecule has 5 nitrogen and oxygen atoms in total. The first-order valence-corrected chi connectivity index (χ1v) is 10.8. The number of aliphatic imine (C=N–C) groups is 1. The van der Waals surface area contributed by atoms with Gasteiger partial charge in [-0.1, -0.05) is 31.2 Å². The molecule has 0 amide bonds. The van der Waals surface area contributed by atoms with Gasteiger partial charge in [-0.3, -0.25) is 4.99 Å². The minimum atomic E-state index is -3.22. The summed E-state index contributed by atoms with van der Waals surface area (Å²) in [6.45, 7) is 3.50. The molecule has 0 spiro atoms. The lowest BCUT2D eigenvalue weighted by molar-refractivity contribution is 0.592. The van der Waals surface area contributed by atoms with Gasteiger partial charge < -0.3 is 10.6 Å². The van der Waals surface area contributed by atoms with E-state index in [0.29, 0.717) is 29.7 Å². The maximum atomic E-state index is 12.2. The summed E-state index contributed by atoms with van der Waals surface area (Å²) >= 11 is 1.75. The Labute approximate surface area is 154 Å². The van der Waals surface area contributed by atoms with Crippen molar-refractivity contribution in [1.29, 1.82) is 0 Å². The monoisotopic (exact) mass is 379 g/mol. The molecular weight excluding hydrogens is 354 g/mol. The van der Waals surface area contributed by atoms with Gasteiger partial charge in [0.1, 0.15) is 0 Å². The van der Waals surface area contributed by atoms with Gasteiger partial charge in [-0.05, 0) is 30.0 Å². The lowest BCUT2D eigenvalue weighted by Gasteiger charge is -2.15. The zero-order valence-electron chi connectivity index (χ0n) is 14.6. The van der Waals surface area contributed by atoms with Crippen LogP contribution < -0.4 is 10.6 Å². The van der Waals surface area contributed by atoms with Crippen molar-refractivity contribution in [2.24, 2.45) is 4.99 Å². The molecule has 0 saturated carbocycles. The molecule has 1 unspecified atom stereocenters. The Morgan fingerprint density at radius 3 is 2.56 bits per heavy atom. The van der Waals surface area contributed by atoms with Gasteiger partial charge in [-0.25, -0.2) is 8.42 Å². The first-order valence-electron chi connectivity index (χ1n) is 8.28. The van der Waals surface area contributed by atoms with Crippen LogP contribution in [0, 0.1) is 0 Å². The van der Waals surface area contributed by atoms with Crippen molar-refractivity contribution >= 4 is 27.1 Å². The fourth-order valence-electron chi connectivity index (χ4n) is 2.36. The lowest BCUT2D eigenvalue weighted by atomic mass is 10.1. The van der Waals surface area contributed by atoms with Gasteiger partial charge in [0.15, 0.2) is 15.8 Å². The molecule has 0 aliphatic carbocycles. The van der Waals surface area contributed by atoms with Crippen LogP contribution in [0.25, 0.3) is 0 Å². The average Bonchev–Trinajstić information content (AvgIpc) is 3.16. The number of guanidine groups is 1. The molecule has 0 aliphatic rings. The summed E-state index contributed by atoms with van der Waals surface area (Å²) < 4.78 is 24.4. The number of hydrogen-bond donors (Lipinski definition) is 2. The molecule has 1 heterocycles. The van der Waals surface area contributed by atoms with Crippen molar-refractivity contribution in [2.75, 3.05) is 25.9 Å². The highest BCUT2D eigenvalue weighted by Gasteiger charge is 2.13. The van der Waals surface area contributed by atoms with Gasteiger partial charge in [0.05, 0.1) is 10.6 Å². The van der Waals surface area contributed by atoms with Crippen LogP contribution in [-0.2, 0) is 9.84 Å². The van der Waals surface area contributed by atoms with Crippen LogP contribution in [0.1, 0.15) is 24.1 Å². The molecule has 1 aromatic heterocycles. The van der Waals surface area contributed by atoms with Crippen molar-refractivity contribution < 1.29 is 8.42 Å². The largest absolute Gasteiger partial charge is 0.356 e. The van der Waals surface area contributed by atoms with Gasteiger partial charge in [-0.2, -0.15) is 0 Å². The molecule has 2 aromatic rings. The fraction of sp³-hybridized carbons (Fsp3) is 0.389. The minimum Gasteiger partial charge on any atom is -0.356 e. The van der Waals surface area contributed by atoms with Gasteiger partial charge in [0.25, 0.3) is 0 Å². The topological polar surface area (TPSA) is 70.6 Å². The Morgan fingerprint density at radius 2 is 1.92 bits per heavy atom. The first kappa shape index (κ1) is 19.5. The molecular formula is C18H25N3O2S2. The van der Waals surface area contributed by atoms with Crippen LogP contribution in [-0.4, -0.2) is 40.3 Å². The predicted molar refractivity (Wildman–Crippen MR) is 105 cm³/mol. The van der Waals surface area contributed by atoms with E-state index in [2.05, 4.69) is 40.1 Å². The second-order valence-corrected chi connectivity index (χ2v) is 8.87. The van der Waals surface area contributed by atoms with Crippen LogP contribution in [0.15, 0.2) is 57.7 Å². The zero-order chi connectivity index (χ0) is 18.1. The molecule has 1 aromatic carbocycles. The normalized spacial score (nSPS) is 13.4. The third kappa shape index (κ3) is 6.17. The summed E-state index contributed by atoms with van der Waals surface area (Å²) in [5.74, 6) is 1.21. The predicted octanol–water partition coefficient (Wildman–Crippen LogP) is 2.88. The molecule has 25 heavy (non-hydrogen) atoms. The Morgan fingerprint density at radius 1 is 1.16 bits per heavy atom. The maximum absolute atomic E-state index is 12.2. The van der Waals surface area contributed by atoms with Crippen molar-refractivity contribution in [2.45, 2.75) is 24.2 Å². The average molecular weight is 380 g/mol. The lowest BCUT2D eigenvalue weighted by Crippen LogP contribution is -2.39. The van der Waals surface area contributed by atoms with Crippen LogP contribution in [0.4, 0.5) is 0 Å². The van der Waals surface area contributed by atoms with Crippen molar-refractivity contribution in [3.05, 3.63) is 52.7 Å². The summed E-state index contributed by atoms with van der Waals surface area (Å²) in [5.41, 5.74) is 0. The van der Waals surface area contributed by atoms with E-state index in [9.17, 15) is 8.42 Å². The summed E-state index contributed by atoms with van der Waals surface area (Å²) in [4.78, 5) is 5.89. The number of rotatable bonds is 8.